The van der Waals surface area contributed by atoms with Gasteiger partial charge in [-0.3, -0.25) is 4.90 Å². The van der Waals surface area contributed by atoms with Gasteiger partial charge >= 0.3 is 11.9 Å². The number of esters is 1. The number of carboxylic acid groups (broad SMARTS) is 1. The summed E-state index contributed by atoms with van der Waals surface area (Å²) in [6.45, 7) is 5.29. The Morgan fingerprint density at radius 2 is 1.73 bits per heavy atom. The van der Waals surface area contributed by atoms with Crippen LogP contribution in [0.25, 0.3) is 0 Å². The Kier molecular flexibility index (Phi) is 4.50. The summed E-state index contributed by atoms with van der Waals surface area (Å²) >= 11 is 0. The van der Waals surface area contributed by atoms with E-state index >= 15 is 0 Å². The maximum atomic E-state index is 12.3. The lowest BCUT2D eigenvalue weighted by molar-refractivity contribution is -0.138. The smallest absolute Gasteiger partial charge is 0.357 e. The highest BCUT2D eigenvalue weighted by Crippen LogP contribution is 2.31. The molecule has 1 aliphatic heterocycles. The van der Waals surface area contributed by atoms with E-state index in [-0.39, 0.29) is 18.0 Å². The van der Waals surface area contributed by atoms with Crippen molar-refractivity contribution in [2.75, 3.05) is 11.5 Å². The Morgan fingerprint density at radius 3 is 2.27 bits per heavy atom. The maximum absolute atomic E-state index is 12.3. The van der Waals surface area contributed by atoms with Crippen molar-refractivity contribution in [3.63, 3.8) is 0 Å². The molecular formula is C16H18N2O4. The molecule has 2 N–H and O–H groups in total. The molecule has 0 aliphatic carbocycles. The molecule has 0 amide bonds. The number of hydrogen-bond donors (Lipinski definition) is 2. The molecule has 1 aromatic carbocycles. The monoisotopic (exact) mass is 302 g/mol. The van der Waals surface area contributed by atoms with Gasteiger partial charge in [0.1, 0.15) is 0 Å². The predicted molar refractivity (Wildman–Crippen MR) is 81.7 cm³/mol. The Hall–Kier alpha value is -2.76. The van der Waals surface area contributed by atoms with E-state index in [0.29, 0.717) is 17.1 Å². The topological polar surface area (TPSA) is 78.9 Å². The Balaban J connectivity index is 2.62. The van der Waals surface area contributed by atoms with Crippen LogP contribution in [0.15, 0.2) is 53.1 Å². The molecule has 0 radical (unpaired) electrons. The molecule has 0 aromatic heterocycles. The quantitative estimate of drug-likeness (QED) is 0.830. The van der Waals surface area contributed by atoms with Gasteiger partial charge in [-0.15, -0.1) is 0 Å². The third-order valence-electron chi connectivity index (χ3n) is 3.22. The molecule has 0 spiro atoms. The number of hydrogen-bond acceptors (Lipinski definition) is 5. The van der Waals surface area contributed by atoms with Crippen LogP contribution in [0.2, 0.25) is 0 Å². The summed E-state index contributed by atoms with van der Waals surface area (Å²) in [5, 5.41) is 12.5. The SMILES string of the molecule is CCOC(=O)C1=C(C)NC(C)=C(C(=O)O)N1c1ccccc1. The molecule has 0 atom stereocenters. The van der Waals surface area contributed by atoms with Crippen LogP contribution in [-0.2, 0) is 14.3 Å². The van der Waals surface area contributed by atoms with Crippen molar-refractivity contribution < 1.29 is 19.4 Å². The molecule has 6 heteroatoms. The fourth-order valence-corrected chi connectivity index (χ4v) is 2.38. The number of benzene rings is 1. The molecule has 2 rings (SSSR count). The number of nitrogens with one attached hydrogen (secondary N) is 1. The number of rotatable bonds is 4. The molecule has 0 bridgehead atoms. The number of para-hydroxylation sites is 1. The van der Waals surface area contributed by atoms with Gasteiger partial charge in [0, 0.05) is 17.1 Å². The van der Waals surface area contributed by atoms with Crippen molar-refractivity contribution >= 4 is 17.6 Å². The van der Waals surface area contributed by atoms with Crippen LogP contribution in [0, 0.1) is 0 Å². The Bertz CT molecular complexity index is 662. The molecule has 22 heavy (non-hydrogen) atoms. The summed E-state index contributed by atoms with van der Waals surface area (Å²) in [5.41, 5.74) is 1.77. The molecule has 1 aromatic rings. The second-order valence-corrected chi connectivity index (χ2v) is 4.77. The number of ether oxygens (including phenoxy) is 1. The van der Waals surface area contributed by atoms with E-state index in [2.05, 4.69) is 5.32 Å². The van der Waals surface area contributed by atoms with Crippen LogP contribution in [0.4, 0.5) is 5.69 Å². The van der Waals surface area contributed by atoms with Gasteiger partial charge in [-0.05, 0) is 32.9 Å². The highest BCUT2D eigenvalue weighted by molar-refractivity contribution is 6.02. The van der Waals surface area contributed by atoms with Crippen molar-refractivity contribution in [1.29, 1.82) is 0 Å². The van der Waals surface area contributed by atoms with E-state index in [1.165, 1.54) is 4.90 Å². The van der Waals surface area contributed by atoms with Crippen LogP contribution in [0.3, 0.4) is 0 Å². The first-order valence-corrected chi connectivity index (χ1v) is 6.91. The van der Waals surface area contributed by atoms with Crippen molar-refractivity contribution in [1.82, 2.24) is 5.32 Å². The average molecular weight is 302 g/mol. The van der Waals surface area contributed by atoms with Crippen molar-refractivity contribution in [3.05, 3.63) is 53.1 Å². The van der Waals surface area contributed by atoms with E-state index in [0.717, 1.165) is 0 Å². The largest absolute Gasteiger partial charge is 0.477 e. The lowest BCUT2D eigenvalue weighted by Gasteiger charge is -2.33. The number of anilines is 1. The van der Waals surface area contributed by atoms with Crippen molar-refractivity contribution in [2.45, 2.75) is 20.8 Å². The standard InChI is InChI=1S/C16H18N2O4/c1-4-22-16(21)14-11(3)17-10(2)13(15(19)20)18(14)12-8-6-5-7-9-12/h5-9,17H,4H2,1-3H3,(H,19,20). The van der Waals surface area contributed by atoms with Crippen LogP contribution >= 0.6 is 0 Å². The number of aliphatic carboxylic acids is 1. The van der Waals surface area contributed by atoms with Gasteiger partial charge in [-0.2, -0.15) is 0 Å². The summed E-state index contributed by atoms with van der Waals surface area (Å²) < 4.78 is 5.07. The lowest BCUT2D eigenvalue weighted by Crippen LogP contribution is -2.40. The van der Waals surface area contributed by atoms with Gasteiger partial charge in [0.2, 0.25) is 0 Å². The summed E-state index contributed by atoms with van der Waals surface area (Å²) in [6, 6.07) is 8.87. The molecule has 116 valence electrons. The number of carboxylic acids is 1. The summed E-state index contributed by atoms with van der Waals surface area (Å²) in [4.78, 5) is 25.4. The second kappa shape index (κ2) is 6.34. The fraction of sp³-hybridized carbons (Fsp3) is 0.250. The van der Waals surface area contributed by atoms with Crippen molar-refractivity contribution in [3.8, 4) is 0 Å². The molecule has 6 nitrogen and oxygen atoms in total. The van der Waals surface area contributed by atoms with E-state index in [1.807, 2.05) is 6.07 Å². The zero-order chi connectivity index (χ0) is 16.3. The Morgan fingerprint density at radius 1 is 1.14 bits per heavy atom. The summed E-state index contributed by atoms with van der Waals surface area (Å²) in [7, 11) is 0. The first kappa shape index (κ1) is 15.6. The van der Waals surface area contributed by atoms with E-state index in [1.54, 1.807) is 45.0 Å². The lowest BCUT2D eigenvalue weighted by atomic mass is 10.1. The zero-order valence-corrected chi connectivity index (χ0v) is 12.7. The van der Waals surface area contributed by atoms with Gasteiger partial charge < -0.3 is 15.2 Å². The minimum atomic E-state index is -1.12. The van der Waals surface area contributed by atoms with Gasteiger partial charge in [-0.1, -0.05) is 18.2 Å². The minimum absolute atomic E-state index is 0.000136. The normalized spacial score (nSPS) is 14.8. The van der Waals surface area contributed by atoms with Crippen LogP contribution in [-0.4, -0.2) is 23.7 Å². The first-order valence-electron chi connectivity index (χ1n) is 6.91. The first-order chi connectivity index (χ1) is 10.5. The second-order valence-electron chi connectivity index (χ2n) is 4.77. The molecule has 0 unspecified atom stereocenters. The molecule has 1 aliphatic rings. The van der Waals surface area contributed by atoms with Gasteiger partial charge in [0.05, 0.1) is 6.61 Å². The fourth-order valence-electron chi connectivity index (χ4n) is 2.38. The highest BCUT2D eigenvalue weighted by Gasteiger charge is 2.34. The van der Waals surface area contributed by atoms with E-state index in [9.17, 15) is 14.7 Å². The number of nitrogens with zero attached hydrogens (tertiary/aromatic N) is 1. The number of carbonyl (C=O) groups is 2. The molecule has 0 fully saturated rings. The third-order valence-corrected chi connectivity index (χ3v) is 3.22. The summed E-state index contributed by atoms with van der Waals surface area (Å²) in [6.07, 6.45) is 0. The minimum Gasteiger partial charge on any atom is -0.477 e. The molecular weight excluding hydrogens is 284 g/mol. The van der Waals surface area contributed by atoms with Gasteiger partial charge in [0.25, 0.3) is 0 Å². The third kappa shape index (κ3) is 2.81. The molecule has 0 saturated carbocycles. The highest BCUT2D eigenvalue weighted by atomic mass is 16.5. The van der Waals surface area contributed by atoms with E-state index in [4.69, 9.17) is 4.74 Å². The summed E-state index contributed by atoms with van der Waals surface area (Å²) in [5.74, 6) is -1.69. The molecule has 1 heterocycles. The van der Waals surface area contributed by atoms with Crippen LogP contribution in [0.1, 0.15) is 20.8 Å². The maximum Gasteiger partial charge on any atom is 0.357 e. The van der Waals surface area contributed by atoms with Crippen LogP contribution in [0.5, 0.6) is 0 Å². The van der Waals surface area contributed by atoms with E-state index < -0.39 is 11.9 Å². The van der Waals surface area contributed by atoms with Gasteiger partial charge in [0.15, 0.2) is 11.4 Å². The van der Waals surface area contributed by atoms with Gasteiger partial charge in [-0.25, -0.2) is 9.59 Å². The average Bonchev–Trinajstić information content (AvgIpc) is 2.47. The predicted octanol–water partition coefficient (Wildman–Crippen LogP) is 2.21. The number of carbonyl (C=O) groups excluding carboxylic acids is 1. The van der Waals surface area contributed by atoms with Crippen LogP contribution < -0.4 is 10.2 Å². The number of allylic oxidation sites excluding steroid dienone is 2. The Labute approximate surface area is 128 Å². The zero-order valence-electron chi connectivity index (χ0n) is 12.7. The van der Waals surface area contributed by atoms with Crippen molar-refractivity contribution in [2.24, 2.45) is 0 Å². The molecule has 0 saturated heterocycles.